The molecule has 0 spiro atoms. The van der Waals surface area contributed by atoms with Gasteiger partial charge in [-0.2, -0.15) is 13.2 Å². The van der Waals surface area contributed by atoms with Gasteiger partial charge in [0.2, 0.25) is 15.9 Å². The van der Waals surface area contributed by atoms with Crippen molar-refractivity contribution in [2.45, 2.75) is 29.7 Å². The highest BCUT2D eigenvalue weighted by Crippen LogP contribution is 2.25. The Morgan fingerprint density at radius 1 is 1.29 bits per heavy atom. The van der Waals surface area contributed by atoms with Crippen LogP contribution in [0.3, 0.4) is 0 Å². The first kappa shape index (κ1) is 17.8. The second-order valence-electron chi connectivity index (χ2n) is 4.17. The molecule has 1 N–H and O–H groups in total. The smallest absolute Gasteiger partial charge is 0.274 e. The Labute approximate surface area is 125 Å². The van der Waals surface area contributed by atoms with Gasteiger partial charge >= 0.3 is 6.18 Å². The highest BCUT2D eigenvalue weighted by atomic mass is 32.2. The number of carbonyl (C=O) groups is 1. The average molecular weight is 341 g/mol. The molecule has 0 saturated carbocycles. The molecule has 0 aliphatic heterocycles. The van der Waals surface area contributed by atoms with Crippen molar-refractivity contribution in [3.05, 3.63) is 30.3 Å². The van der Waals surface area contributed by atoms with E-state index in [1.54, 1.807) is 12.1 Å². The third kappa shape index (κ3) is 5.96. The van der Waals surface area contributed by atoms with Crippen molar-refractivity contribution in [2.24, 2.45) is 0 Å². The SMILES string of the molecule is C[C@H](C(F)(F)F)S(=O)(=O)NC(=O)CCSc1ccccc1. The summed E-state index contributed by atoms with van der Waals surface area (Å²) in [5, 5.41) is -2.63. The molecule has 4 nitrogen and oxygen atoms in total. The molecular weight excluding hydrogens is 327 g/mol. The summed E-state index contributed by atoms with van der Waals surface area (Å²) in [4.78, 5) is 12.3. The predicted octanol–water partition coefficient (Wildman–Crippen LogP) is 2.57. The highest BCUT2D eigenvalue weighted by Gasteiger charge is 2.45. The standard InChI is InChI=1S/C12H14F3NO3S2/c1-9(12(13,14)15)21(18,19)16-11(17)7-8-20-10-5-3-2-4-6-10/h2-6,9H,7-8H2,1H3,(H,16,17)/t9-/m1/s1. The fourth-order valence-corrected chi connectivity index (χ4v) is 3.07. The van der Waals surface area contributed by atoms with Crippen molar-refractivity contribution >= 4 is 27.7 Å². The van der Waals surface area contributed by atoms with Gasteiger partial charge in [-0.05, 0) is 19.1 Å². The molecule has 0 aromatic heterocycles. The van der Waals surface area contributed by atoms with Crippen molar-refractivity contribution in [3.63, 3.8) is 0 Å². The van der Waals surface area contributed by atoms with Crippen LogP contribution in [0.4, 0.5) is 13.2 Å². The molecule has 0 radical (unpaired) electrons. The van der Waals surface area contributed by atoms with Crippen LogP contribution in [-0.2, 0) is 14.8 Å². The molecule has 0 heterocycles. The third-order valence-corrected chi connectivity index (χ3v) is 5.25. The van der Waals surface area contributed by atoms with Crippen LogP contribution in [0, 0.1) is 0 Å². The average Bonchev–Trinajstić information content (AvgIpc) is 2.37. The lowest BCUT2D eigenvalue weighted by Gasteiger charge is -2.16. The number of halogens is 3. The third-order valence-electron chi connectivity index (χ3n) is 2.52. The molecule has 0 fully saturated rings. The van der Waals surface area contributed by atoms with Gasteiger partial charge in [-0.3, -0.25) is 9.52 Å². The number of carbonyl (C=O) groups excluding carboxylic acids is 1. The summed E-state index contributed by atoms with van der Waals surface area (Å²) in [6, 6.07) is 9.05. The number of benzene rings is 1. The lowest BCUT2D eigenvalue weighted by molar-refractivity contribution is -0.127. The van der Waals surface area contributed by atoms with Crippen LogP contribution < -0.4 is 4.72 Å². The van der Waals surface area contributed by atoms with Crippen LogP contribution >= 0.6 is 11.8 Å². The van der Waals surface area contributed by atoms with Gasteiger partial charge in [0.15, 0.2) is 5.25 Å². The summed E-state index contributed by atoms with van der Waals surface area (Å²) < 4.78 is 61.2. The van der Waals surface area contributed by atoms with Gasteiger partial charge in [0, 0.05) is 17.1 Å². The molecule has 0 aliphatic rings. The number of hydrogen-bond acceptors (Lipinski definition) is 4. The molecular formula is C12H14F3NO3S2. The van der Waals surface area contributed by atoms with E-state index in [0.717, 1.165) is 4.90 Å². The van der Waals surface area contributed by atoms with Crippen molar-refractivity contribution in [1.82, 2.24) is 4.72 Å². The minimum atomic E-state index is -4.91. The van der Waals surface area contributed by atoms with E-state index in [2.05, 4.69) is 0 Å². The monoisotopic (exact) mass is 341 g/mol. The number of amides is 1. The van der Waals surface area contributed by atoms with Gasteiger partial charge in [-0.1, -0.05) is 18.2 Å². The van der Waals surface area contributed by atoms with Gasteiger partial charge in [0.05, 0.1) is 0 Å². The molecule has 1 aromatic carbocycles. The molecule has 1 atom stereocenters. The van der Waals surface area contributed by atoms with E-state index >= 15 is 0 Å². The Bertz CT molecular complexity index is 573. The van der Waals surface area contributed by atoms with Gasteiger partial charge in [0.1, 0.15) is 0 Å². The fraction of sp³-hybridized carbons (Fsp3) is 0.417. The Balaban J connectivity index is 2.47. The number of thioether (sulfide) groups is 1. The maximum absolute atomic E-state index is 12.3. The zero-order chi connectivity index (χ0) is 16.1. The fourth-order valence-electron chi connectivity index (χ4n) is 1.25. The Morgan fingerprint density at radius 2 is 1.86 bits per heavy atom. The van der Waals surface area contributed by atoms with Gasteiger partial charge in [0.25, 0.3) is 0 Å². The van der Waals surface area contributed by atoms with Gasteiger partial charge in [-0.15, -0.1) is 11.8 Å². The van der Waals surface area contributed by atoms with Crippen molar-refractivity contribution < 1.29 is 26.4 Å². The van der Waals surface area contributed by atoms with E-state index in [1.165, 1.54) is 16.5 Å². The quantitative estimate of drug-likeness (QED) is 0.808. The van der Waals surface area contributed by atoms with Crippen LogP contribution in [0.25, 0.3) is 0 Å². The van der Waals surface area contributed by atoms with Crippen LogP contribution in [0.1, 0.15) is 13.3 Å². The zero-order valence-electron chi connectivity index (χ0n) is 11.1. The number of hydrogen-bond donors (Lipinski definition) is 1. The Hall–Kier alpha value is -1.22. The minimum absolute atomic E-state index is 0.191. The van der Waals surface area contributed by atoms with Crippen LogP contribution in [0.5, 0.6) is 0 Å². The van der Waals surface area contributed by atoms with Gasteiger partial charge < -0.3 is 0 Å². The maximum Gasteiger partial charge on any atom is 0.407 e. The molecule has 9 heteroatoms. The van der Waals surface area contributed by atoms with Crippen LogP contribution in [-0.4, -0.2) is 31.5 Å². The van der Waals surface area contributed by atoms with E-state index in [9.17, 15) is 26.4 Å². The number of rotatable bonds is 6. The van der Waals surface area contributed by atoms with E-state index in [4.69, 9.17) is 0 Å². The molecule has 0 unspecified atom stereocenters. The topological polar surface area (TPSA) is 63.2 Å². The summed E-state index contributed by atoms with van der Waals surface area (Å²) >= 11 is 1.31. The minimum Gasteiger partial charge on any atom is -0.274 e. The lowest BCUT2D eigenvalue weighted by Crippen LogP contribution is -2.44. The first-order valence-corrected chi connectivity index (χ1v) is 8.45. The largest absolute Gasteiger partial charge is 0.407 e. The molecule has 0 aliphatic carbocycles. The predicted molar refractivity (Wildman–Crippen MR) is 74.4 cm³/mol. The van der Waals surface area contributed by atoms with E-state index < -0.39 is 27.4 Å². The Morgan fingerprint density at radius 3 is 2.38 bits per heavy atom. The number of nitrogens with one attached hydrogen (secondary N) is 1. The maximum atomic E-state index is 12.3. The van der Waals surface area contributed by atoms with E-state index in [1.807, 2.05) is 18.2 Å². The molecule has 1 amide bonds. The van der Waals surface area contributed by atoms with Gasteiger partial charge in [-0.25, -0.2) is 8.42 Å². The number of sulfonamides is 1. The lowest BCUT2D eigenvalue weighted by atomic mass is 10.4. The first-order chi connectivity index (χ1) is 9.63. The molecule has 1 aromatic rings. The second kappa shape index (κ2) is 7.17. The summed E-state index contributed by atoms with van der Waals surface area (Å²) in [7, 11) is -4.75. The van der Waals surface area contributed by atoms with E-state index in [0.29, 0.717) is 6.92 Å². The van der Waals surface area contributed by atoms with Crippen LogP contribution in [0.15, 0.2) is 35.2 Å². The Kier molecular flexibility index (Phi) is 6.09. The zero-order valence-corrected chi connectivity index (χ0v) is 12.7. The summed E-state index contributed by atoms with van der Waals surface area (Å²) in [5.74, 6) is -0.680. The summed E-state index contributed by atoms with van der Waals surface area (Å²) in [6.07, 6.45) is -5.10. The summed E-state index contributed by atoms with van der Waals surface area (Å²) in [6.45, 7) is 0.494. The first-order valence-electron chi connectivity index (χ1n) is 5.92. The van der Waals surface area contributed by atoms with Crippen molar-refractivity contribution in [1.29, 1.82) is 0 Å². The molecule has 0 saturated heterocycles. The number of alkyl halides is 3. The van der Waals surface area contributed by atoms with Crippen molar-refractivity contribution in [3.8, 4) is 0 Å². The highest BCUT2D eigenvalue weighted by molar-refractivity contribution is 7.99. The molecule has 0 bridgehead atoms. The normalized spacial score (nSPS) is 13.7. The molecule has 1 rings (SSSR count). The second-order valence-corrected chi connectivity index (χ2v) is 7.34. The van der Waals surface area contributed by atoms with Crippen molar-refractivity contribution in [2.75, 3.05) is 5.75 Å². The van der Waals surface area contributed by atoms with E-state index in [-0.39, 0.29) is 12.2 Å². The molecule has 21 heavy (non-hydrogen) atoms. The van der Waals surface area contributed by atoms with Crippen LogP contribution in [0.2, 0.25) is 0 Å². The summed E-state index contributed by atoms with van der Waals surface area (Å²) in [5.41, 5.74) is 0. The molecule has 118 valence electrons.